The lowest BCUT2D eigenvalue weighted by Crippen LogP contribution is -2.16. The van der Waals surface area contributed by atoms with Crippen LogP contribution in [0.4, 0.5) is 32.0 Å². The summed E-state index contributed by atoms with van der Waals surface area (Å²) >= 11 is 0. The monoisotopic (exact) mass is 931 g/mol. The lowest BCUT2D eigenvalue weighted by Gasteiger charge is -2.08. The second-order valence-electron chi connectivity index (χ2n) is 13.1. The number of nitrogen functional groups attached to an aromatic ring is 1. The number of aromatic nitrogens is 10. The summed E-state index contributed by atoms with van der Waals surface area (Å²) in [6.45, 7) is 4.15. The first-order chi connectivity index (χ1) is 29.7. The average molecular weight is 932 g/mol. The number of hydrogen-bond acceptors (Lipinski definition) is 15. The number of nitrogens with zero attached hydrogens (tertiary/aromatic N) is 10. The first kappa shape index (κ1) is 46.2. The van der Waals surface area contributed by atoms with Crippen molar-refractivity contribution < 1.29 is 53.3 Å². The van der Waals surface area contributed by atoms with Gasteiger partial charge in [-0.25, -0.2) is 27.7 Å². The minimum absolute atomic E-state index is 0. The number of halogens is 7. The van der Waals surface area contributed by atoms with E-state index in [2.05, 4.69) is 49.9 Å². The van der Waals surface area contributed by atoms with Crippen LogP contribution >= 0.6 is 10.7 Å². The molecule has 334 valence electrons. The van der Waals surface area contributed by atoms with Gasteiger partial charge in [0, 0.05) is 27.5 Å². The van der Waals surface area contributed by atoms with Crippen LogP contribution in [-0.2, 0) is 22.1 Å². The fraction of sp³-hybridized carbons (Fsp3) is 0.179. The van der Waals surface area contributed by atoms with Gasteiger partial charge in [-0.15, -0.1) is 36.5 Å². The molecule has 4 aromatic heterocycles. The highest BCUT2D eigenvalue weighted by Gasteiger charge is 2.32. The standard InChI is InChI=1S/C19H13ClF3N5O4S.C19H15F3N6O2.CH4/c1-11-24-17(26-28(11)10-12-3-2-4-15(9-12)33(20,29)30)18-25-16(27-32-18)13-5-7-14(8-6-13)31-19(21,22)23;1-11-24-17(26-28(11)10-12-3-2-4-14(23)9-12)18-25-16(27-30-18)13-5-7-15(8-6-13)29-19(20,21)22;/h2-9H,10H2,1H3;2-9H,10,23H2,1H3;1H4. The molecule has 0 spiro atoms. The molecule has 0 atom stereocenters. The van der Waals surface area contributed by atoms with Gasteiger partial charge in [0.25, 0.3) is 20.8 Å². The molecule has 4 aromatic carbocycles. The van der Waals surface area contributed by atoms with E-state index in [0.717, 1.165) is 17.7 Å². The number of benzene rings is 4. The van der Waals surface area contributed by atoms with Gasteiger partial charge in [-0.3, -0.25) is 0 Å². The van der Waals surface area contributed by atoms with Crippen molar-refractivity contribution in [1.82, 2.24) is 49.8 Å². The maximum absolute atomic E-state index is 12.3. The Bertz CT molecular complexity index is 2970. The Labute approximate surface area is 362 Å². The third-order valence-electron chi connectivity index (χ3n) is 8.44. The van der Waals surface area contributed by atoms with E-state index in [4.69, 9.17) is 25.5 Å². The van der Waals surface area contributed by atoms with Crippen molar-refractivity contribution in [3.63, 3.8) is 0 Å². The molecule has 4 heterocycles. The van der Waals surface area contributed by atoms with Crippen molar-refractivity contribution in [2.24, 2.45) is 0 Å². The summed E-state index contributed by atoms with van der Waals surface area (Å²) in [7, 11) is 1.52. The van der Waals surface area contributed by atoms with Gasteiger partial charge in [-0.1, -0.05) is 42.0 Å². The van der Waals surface area contributed by atoms with E-state index < -0.39 is 21.8 Å². The molecule has 0 fully saturated rings. The summed E-state index contributed by atoms with van der Waals surface area (Å²) < 4.78 is 118. The highest BCUT2D eigenvalue weighted by Crippen LogP contribution is 2.28. The average Bonchev–Trinajstić information content (AvgIpc) is 4.03. The molecule has 0 bridgehead atoms. The van der Waals surface area contributed by atoms with Crippen molar-refractivity contribution in [2.45, 2.75) is 52.0 Å². The van der Waals surface area contributed by atoms with Gasteiger partial charge in [0.1, 0.15) is 23.1 Å². The number of aryl methyl sites for hydroxylation is 2. The molecule has 8 aromatic rings. The molecule has 25 heteroatoms. The quantitative estimate of drug-likeness (QED) is 0.0729. The molecular formula is C39H32ClF6N11O6S. The molecule has 0 saturated carbocycles. The molecular weight excluding hydrogens is 900 g/mol. The third-order valence-corrected chi connectivity index (χ3v) is 9.79. The Morgan fingerprint density at radius 1 is 0.625 bits per heavy atom. The lowest BCUT2D eigenvalue weighted by molar-refractivity contribution is -0.275. The summed E-state index contributed by atoms with van der Waals surface area (Å²) in [5.74, 6) is 1.19. The second-order valence-corrected chi connectivity index (χ2v) is 15.7. The number of alkyl halides is 6. The van der Waals surface area contributed by atoms with E-state index in [1.807, 2.05) is 18.2 Å². The molecule has 0 aliphatic rings. The van der Waals surface area contributed by atoms with Gasteiger partial charge < -0.3 is 24.3 Å². The van der Waals surface area contributed by atoms with Crippen LogP contribution in [0.1, 0.15) is 30.2 Å². The number of ether oxygens (including phenoxy) is 2. The zero-order chi connectivity index (χ0) is 45.1. The van der Waals surface area contributed by atoms with Crippen LogP contribution in [-0.4, -0.2) is 71.0 Å². The molecule has 8 rings (SSSR count). The van der Waals surface area contributed by atoms with Gasteiger partial charge in [-0.2, -0.15) is 9.97 Å². The van der Waals surface area contributed by atoms with E-state index in [1.54, 1.807) is 36.7 Å². The Morgan fingerprint density at radius 2 is 1.05 bits per heavy atom. The largest absolute Gasteiger partial charge is 0.573 e. The van der Waals surface area contributed by atoms with Crippen LogP contribution in [0.5, 0.6) is 11.5 Å². The van der Waals surface area contributed by atoms with Crippen LogP contribution in [0, 0.1) is 13.8 Å². The Hall–Kier alpha value is -7.34. The summed E-state index contributed by atoms with van der Waals surface area (Å²) in [6, 6.07) is 23.6. The van der Waals surface area contributed by atoms with E-state index in [-0.39, 0.29) is 65.4 Å². The van der Waals surface area contributed by atoms with Crippen molar-refractivity contribution in [3.8, 4) is 57.7 Å². The molecule has 2 N–H and O–H groups in total. The van der Waals surface area contributed by atoms with Crippen molar-refractivity contribution in [2.75, 3.05) is 5.73 Å². The van der Waals surface area contributed by atoms with Crippen LogP contribution in [0.3, 0.4) is 0 Å². The van der Waals surface area contributed by atoms with Crippen LogP contribution in [0.2, 0.25) is 0 Å². The normalized spacial score (nSPS) is 11.7. The molecule has 64 heavy (non-hydrogen) atoms. The minimum atomic E-state index is -4.79. The first-order valence-corrected chi connectivity index (χ1v) is 20.2. The van der Waals surface area contributed by atoms with E-state index >= 15 is 0 Å². The van der Waals surface area contributed by atoms with Gasteiger partial charge >= 0.3 is 12.7 Å². The number of rotatable bonds is 11. The van der Waals surface area contributed by atoms with Crippen molar-refractivity contribution in [1.29, 1.82) is 0 Å². The lowest BCUT2D eigenvalue weighted by atomic mass is 10.2. The number of nitrogens with two attached hydrogens (primary N) is 1. The van der Waals surface area contributed by atoms with Crippen molar-refractivity contribution >= 4 is 25.4 Å². The maximum atomic E-state index is 12.3. The van der Waals surface area contributed by atoms with Crippen LogP contribution < -0.4 is 15.2 Å². The third kappa shape index (κ3) is 12.0. The fourth-order valence-corrected chi connectivity index (χ4v) is 6.45. The molecule has 0 aliphatic heterocycles. The van der Waals surface area contributed by atoms with Crippen LogP contribution in [0.15, 0.2) is 111 Å². The molecule has 0 aliphatic carbocycles. The number of hydrogen-bond donors (Lipinski definition) is 1. The Kier molecular flexibility index (Phi) is 13.4. The molecule has 0 unspecified atom stereocenters. The topological polar surface area (TPSA) is 218 Å². The maximum Gasteiger partial charge on any atom is 0.573 e. The second kappa shape index (κ2) is 18.6. The summed E-state index contributed by atoms with van der Waals surface area (Å²) in [6.07, 6.45) is -9.54. The molecule has 0 radical (unpaired) electrons. The summed E-state index contributed by atoms with van der Waals surface area (Å²) in [5.41, 5.74) is 8.89. The smallest absolute Gasteiger partial charge is 0.406 e. The van der Waals surface area contributed by atoms with Gasteiger partial charge in [0.15, 0.2) is 0 Å². The minimum Gasteiger partial charge on any atom is -0.406 e. The zero-order valence-corrected chi connectivity index (χ0v) is 33.8. The van der Waals surface area contributed by atoms with Gasteiger partial charge in [-0.05, 0) is 97.8 Å². The highest BCUT2D eigenvalue weighted by molar-refractivity contribution is 8.13. The zero-order valence-electron chi connectivity index (χ0n) is 32.2. The molecule has 0 amide bonds. The highest BCUT2D eigenvalue weighted by atomic mass is 35.7. The Morgan fingerprint density at radius 3 is 1.45 bits per heavy atom. The van der Waals surface area contributed by atoms with Crippen LogP contribution in [0.25, 0.3) is 46.2 Å². The fourth-order valence-electron chi connectivity index (χ4n) is 5.63. The van der Waals surface area contributed by atoms with Gasteiger partial charge in [0.05, 0.1) is 18.0 Å². The number of anilines is 1. The predicted molar refractivity (Wildman–Crippen MR) is 216 cm³/mol. The summed E-state index contributed by atoms with van der Waals surface area (Å²) in [5, 5.41) is 16.4. The van der Waals surface area contributed by atoms with Gasteiger partial charge in [0.2, 0.25) is 23.3 Å². The van der Waals surface area contributed by atoms with E-state index in [9.17, 15) is 34.8 Å². The summed E-state index contributed by atoms with van der Waals surface area (Å²) in [4.78, 5) is 17.0. The molecule has 0 saturated heterocycles. The SMILES string of the molecule is C.Cc1nc(-c2nc(-c3ccc(OC(F)(F)F)cc3)no2)nn1Cc1cccc(N)c1.Cc1nc(-c2nc(-c3ccc(OC(F)(F)F)cc3)no2)nn1Cc1cccc(S(=O)(=O)Cl)c1. The van der Waals surface area contributed by atoms with E-state index in [1.165, 1.54) is 53.2 Å². The first-order valence-electron chi connectivity index (χ1n) is 17.9. The van der Waals surface area contributed by atoms with E-state index in [0.29, 0.717) is 40.6 Å². The van der Waals surface area contributed by atoms with Crippen molar-refractivity contribution in [3.05, 3.63) is 120 Å². The molecule has 17 nitrogen and oxygen atoms in total. The Balaban J connectivity index is 0.000000210. The predicted octanol–water partition coefficient (Wildman–Crippen LogP) is 8.65.